The molecule has 0 aliphatic carbocycles. The molecule has 1 aliphatic heterocycles. The lowest BCUT2D eigenvalue weighted by Crippen LogP contribution is -2.21. The number of rotatable bonds is 5. The number of carbonyl (C=O) groups excluding carboxylic acids is 1. The lowest BCUT2D eigenvalue weighted by atomic mass is 10.2. The number of hydrogen-bond acceptors (Lipinski definition) is 5. The molecule has 0 radical (unpaired) electrons. The van der Waals surface area contributed by atoms with Crippen LogP contribution in [-0.2, 0) is 30.9 Å². The van der Waals surface area contributed by atoms with Crippen molar-refractivity contribution in [2.45, 2.75) is 18.4 Å². The number of fused-ring (bicyclic) bond motifs is 1. The van der Waals surface area contributed by atoms with Gasteiger partial charge in [-0.2, -0.15) is 5.10 Å². The molecule has 7 nitrogen and oxygen atoms in total. The standard InChI is InChI=1S/C15H16FN3O4S/c1-2-23-7-14(20)17-15-12-8-24(21,22)9-13(12)18-19(15)11-5-3-10(16)4-6-11/h3-6H,2,7-9H2,1H3,(H,17,20). The minimum absolute atomic E-state index is 0.146. The molecule has 1 aromatic carbocycles. The Morgan fingerprint density at radius 1 is 1.33 bits per heavy atom. The monoisotopic (exact) mass is 353 g/mol. The Morgan fingerprint density at radius 3 is 2.71 bits per heavy atom. The summed E-state index contributed by atoms with van der Waals surface area (Å²) in [4.78, 5) is 12.0. The molecule has 2 aromatic rings. The molecule has 128 valence electrons. The number of halogens is 1. The lowest BCUT2D eigenvalue weighted by molar-refractivity contribution is -0.120. The molecular formula is C15H16FN3O4S. The molecule has 1 amide bonds. The molecule has 24 heavy (non-hydrogen) atoms. The molecule has 2 heterocycles. The van der Waals surface area contributed by atoms with Crippen molar-refractivity contribution in [1.82, 2.24) is 9.78 Å². The molecule has 1 aromatic heterocycles. The van der Waals surface area contributed by atoms with Crippen LogP contribution in [0.2, 0.25) is 0 Å². The molecule has 1 N–H and O–H groups in total. The van der Waals surface area contributed by atoms with E-state index in [2.05, 4.69) is 10.4 Å². The van der Waals surface area contributed by atoms with Crippen LogP contribution in [0.5, 0.6) is 0 Å². The largest absolute Gasteiger partial charge is 0.372 e. The van der Waals surface area contributed by atoms with Crippen molar-refractivity contribution < 1.29 is 22.3 Å². The van der Waals surface area contributed by atoms with Crippen molar-refractivity contribution in [2.24, 2.45) is 0 Å². The van der Waals surface area contributed by atoms with E-state index < -0.39 is 21.6 Å². The van der Waals surface area contributed by atoms with Crippen LogP contribution in [0.1, 0.15) is 18.2 Å². The maximum absolute atomic E-state index is 13.1. The summed E-state index contributed by atoms with van der Waals surface area (Å²) in [6, 6.07) is 5.55. The van der Waals surface area contributed by atoms with E-state index in [0.717, 1.165) is 0 Å². The van der Waals surface area contributed by atoms with Crippen molar-refractivity contribution in [1.29, 1.82) is 0 Å². The molecule has 0 bridgehead atoms. The topological polar surface area (TPSA) is 90.3 Å². The molecule has 0 saturated carbocycles. The first-order valence-corrected chi connectivity index (χ1v) is 9.16. The molecule has 3 rings (SSSR count). The summed E-state index contributed by atoms with van der Waals surface area (Å²) in [5.74, 6) is -0.893. The van der Waals surface area contributed by atoms with Crippen molar-refractivity contribution in [3.8, 4) is 5.69 Å². The third-order valence-electron chi connectivity index (χ3n) is 3.55. The van der Waals surface area contributed by atoms with Gasteiger partial charge in [0.15, 0.2) is 9.84 Å². The Kier molecular flexibility index (Phi) is 4.37. The summed E-state index contributed by atoms with van der Waals surface area (Å²) < 4.78 is 43.2. The second-order valence-corrected chi connectivity index (χ2v) is 7.44. The summed E-state index contributed by atoms with van der Waals surface area (Å²) in [6.07, 6.45) is 0. The number of aromatic nitrogens is 2. The first-order valence-electron chi connectivity index (χ1n) is 7.34. The highest BCUT2D eigenvalue weighted by Crippen LogP contribution is 2.32. The zero-order chi connectivity index (χ0) is 17.3. The van der Waals surface area contributed by atoms with Crippen LogP contribution >= 0.6 is 0 Å². The Balaban J connectivity index is 2.00. The molecule has 9 heteroatoms. The van der Waals surface area contributed by atoms with Gasteiger partial charge in [-0.25, -0.2) is 17.5 Å². The average molecular weight is 353 g/mol. The fourth-order valence-electron chi connectivity index (χ4n) is 2.50. The van der Waals surface area contributed by atoms with Crippen LogP contribution in [0.4, 0.5) is 10.2 Å². The van der Waals surface area contributed by atoms with Gasteiger partial charge in [0, 0.05) is 12.2 Å². The minimum atomic E-state index is -3.26. The predicted molar refractivity (Wildman–Crippen MR) is 85.0 cm³/mol. The van der Waals surface area contributed by atoms with Gasteiger partial charge in [-0.15, -0.1) is 0 Å². The van der Waals surface area contributed by atoms with E-state index in [0.29, 0.717) is 23.6 Å². The zero-order valence-corrected chi connectivity index (χ0v) is 13.8. The smallest absolute Gasteiger partial charge is 0.251 e. The maximum Gasteiger partial charge on any atom is 0.251 e. The first-order chi connectivity index (χ1) is 11.4. The van der Waals surface area contributed by atoms with E-state index in [-0.39, 0.29) is 23.9 Å². The highest BCUT2D eigenvalue weighted by molar-refractivity contribution is 7.90. The Hall–Kier alpha value is -2.26. The molecule has 0 atom stereocenters. The number of ether oxygens (including phenoxy) is 1. The van der Waals surface area contributed by atoms with Gasteiger partial charge in [0.1, 0.15) is 18.2 Å². The third-order valence-corrected chi connectivity index (χ3v) is 5.00. The van der Waals surface area contributed by atoms with Crippen molar-refractivity contribution in [3.05, 3.63) is 41.3 Å². The van der Waals surface area contributed by atoms with E-state index in [9.17, 15) is 17.6 Å². The number of carbonyl (C=O) groups is 1. The molecule has 1 aliphatic rings. The molecule has 0 saturated heterocycles. The van der Waals surface area contributed by atoms with E-state index in [1.54, 1.807) is 6.92 Å². The summed E-state index contributed by atoms with van der Waals surface area (Å²) >= 11 is 0. The number of sulfone groups is 1. The van der Waals surface area contributed by atoms with Crippen molar-refractivity contribution >= 4 is 21.6 Å². The number of hydrogen-bond donors (Lipinski definition) is 1. The lowest BCUT2D eigenvalue weighted by Gasteiger charge is -2.11. The molecule has 0 unspecified atom stereocenters. The quantitative estimate of drug-likeness (QED) is 0.878. The molecule has 0 fully saturated rings. The van der Waals surface area contributed by atoms with Gasteiger partial charge in [0.25, 0.3) is 5.91 Å². The van der Waals surface area contributed by atoms with Crippen LogP contribution in [0, 0.1) is 5.82 Å². The fourth-order valence-corrected chi connectivity index (χ4v) is 4.00. The molecular weight excluding hydrogens is 337 g/mol. The molecule has 0 spiro atoms. The van der Waals surface area contributed by atoms with Crippen LogP contribution in [0.25, 0.3) is 5.69 Å². The van der Waals surface area contributed by atoms with Crippen LogP contribution in [0.15, 0.2) is 24.3 Å². The Labute approximate surface area is 138 Å². The summed E-state index contributed by atoms with van der Waals surface area (Å²) in [7, 11) is -3.26. The Bertz CT molecular complexity index is 875. The van der Waals surface area contributed by atoms with E-state index in [4.69, 9.17) is 4.74 Å². The van der Waals surface area contributed by atoms with Crippen molar-refractivity contribution in [2.75, 3.05) is 18.5 Å². The van der Waals surface area contributed by atoms with Crippen LogP contribution in [-0.4, -0.2) is 37.3 Å². The number of nitrogens with zero attached hydrogens (tertiary/aromatic N) is 2. The van der Waals surface area contributed by atoms with Gasteiger partial charge in [-0.1, -0.05) is 0 Å². The highest BCUT2D eigenvalue weighted by atomic mass is 32.2. The fraction of sp³-hybridized carbons (Fsp3) is 0.333. The number of amides is 1. The predicted octanol–water partition coefficient (Wildman–Crippen LogP) is 1.41. The summed E-state index contributed by atoms with van der Waals surface area (Å²) in [6.45, 7) is 2.00. The number of anilines is 1. The van der Waals surface area contributed by atoms with Crippen molar-refractivity contribution in [3.63, 3.8) is 0 Å². The minimum Gasteiger partial charge on any atom is -0.372 e. The van der Waals surface area contributed by atoms with Gasteiger partial charge in [-0.05, 0) is 31.2 Å². The average Bonchev–Trinajstić information content (AvgIpc) is 2.99. The SMILES string of the molecule is CCOCC(=O)Nc1c2c(nn1-c1ccc(F)cc1)CS(=O)(=O)C2. The van der Waals surface area contributed by atoms with E-state index >= 15 is 0 Å². The number of nitrogens with one attached hydrogen (secondary N) is 1. The zero-order valence-electron chi connectivity index (χ0n) is 13.0. The second kappa shape index (κ2) is 6.33. The van der Waals surface area contributed by atoms with Gasteiger partial charge >= 0.3 is 0 Å². The van der Waals surface area contributed by atoms with E-state index in [1.807, 2.05) is 0 Å². The van der Waals surface area contributed by atoms with Gasteiger partial charge in [-0.3, -0.25) is 4.79 Å². The van der Waals surface area contributed by atoms with Crippen LogP contribution < -0.4 is 5.32 Å². The summed E-state index contributed by atoms with van der Waals surface area (Å²) in [5.41, 5.74) is 1.38. The maximum atomic E-state index is 13.1. The van der Waals surface area contributed by atoms with Gasteiger partial charge in [0.2, 0.25) is 0 Å². The van der Waals surface area contributed by atoms with Gasteiger partial charge < -0.3 is 10.1 Å². The van der Waals surface area contributed by atoms with Gasteiger partial charge in [0.05, 0.1) is 22.9 Å². The van der Waals surface area contributed by atoms with E-state index in [1.165, 1.54) is 28.9 Å². The Morgan fingerprint density at radius 2 is 2.04 bits per heavy atom. The first kappa shape index (κ1) is 16.6. The number of benzene rings is 1. The third kappa shape index (κ3) is 3.31. The van der Waals surface area contributed by atoms with Crippen LogP contribution in [0.3, 0.4) is 0 Å². The second-order valence-electron chi connectivity index (χ2n) is 5.38. The normalized spacial score (nSPS) is 15.2. The highest BCUT2D eigenvalue weighted by Gasteiger charge is 2.33. The summed E-state index contributed by atoms with van der Waals surface area (Å²) in [5, 5.41) is 6.93.